The van der Waals surface area contributed by atoms with E-state index in [0.717, 1.165) is 17.1 Å². The van der Waals surface area contributed by atoms with Gasteiger partial charge in [-0.25, -0.2) is 0 Å². The van der Waals surface area contributed by atoms with Gasteiger partial charge in [0.2, 0.25) is 0 Å². The van der Waals surface area contributed by atoms with E-state index in [2.05, 4.69) is 77.9 Å². The topological polar surface area (TPSA) is 9.23 Å². The maximum Gasteiger partial charge on any atom is 0.127 e. The summed E-state index contributed by atoms with van der Waals surface area (Å²) < 4.78 is 6.20. The molecule has 2 aromatic carbocycles. The highest BCUT2D eigenvalue weighted by Crippen LogP contribution is 2.57. The summed E-state index contributed by atoms with van der Waals surface area (Å²) in [7, 11) is 1.68. The van der Waals surface area contributed by atoms with Crippen LogP contribution in [0.25, 0.3) is 11.1 Å². The van der Waals surface area contributed by atoms with E-state index in [1.54, 1.807) is 5.30 Å². The van der Waals surface area contributed by atoms with E-state index in [1.807, 2.05) is 7.11 Å². The molecule has 0 radical (unpaired) electrons. The molecule has 2 fully saturated rings. The van der Waals surface area contributed by atoms with E-state index in [0.29, 0.717) is 0 Å². The lowest BCUT2D eigenvalue weighted by molar-refractivity contribution is 0.412. The van der Waals surface area contributed by atoms with Crippen LogP contribution >= 0.6 is 7.92 Å². The normalized spacial score (nSPS) is 18.7. The van der Waals surface area contributed by atoms with E-state index < -0.39 is 0 Å². The SMILES string of the molecule is COc1cc(C(C)(C)C)cc(C(C)(C)C)c1-c1ccccc1P(C1CCCCC1)C1CCCCC1. The van der Waals surface area contributed by atoms with Gasteiger partial charge >= 0.3 is 0 Å². The molecule has 0 bridgehead atoms. The average Bonchev–Trinajstić information content (AvgIpc) is 2.84. The van der Waals surface area contributed by atoms with Crippen molar-refractivity contribution < 1.29 is 4.74 Å². The third-order valence-corrected chi connectivity index (χ3v) is 11.9. The molecule has 0 heterocycles. The summed E-state index contributed by atoms with van der Waals surface area (Å²) in [5.41, 5.74) is 7.50. The minimum Gasteiger partial charge on any atom is -0.496 e. The molecular formula is C33H49OP. The van der Waals surface area contributed by atoms with Crippen molar-refractivity contribution in [2.24, 2.45) is 0 Å². The largest absolute Gasteiger partial charge is 0.496 e. The molecule has 2 aliphatic carbocycles. The fourth-order valence-electron chi connectivity index (χ4n) is 6.40. The Labute approximate surface area is 217 Å². The molecule has 0 unspecified atom stereocenters. The van der Waals surface area contributed by atoms with Crippen LogP contribution in [0.4, 0.5) is 0 Å². The molecule has 1 nitrogen and oxygen atoms in total. The first kappa shape index (κ1) is 26.7. The van der Waals surface area contributed by atoms with Crippen LogP contribution in [0.5, 0.6) is 5.75 Å². The van der Waals surface area contributed by atoms with E-state index >= 15 is 0 Å². The third kappa shape index (κ3) is 5.98. The summed E-state index contributed by atoms with van der Waals surface area (Å²) in [4.78, 5) is 0. The fourth-order valence-corrected chi connectivity index (χ4v) is 10.3. The summed E-state index contributed by atoms with van der Waals surface area (Å²) in [6.45, 7) is 14.0. The first-order valence-electron chi connectivity index (χ1n) is 14.2. The van der Waals surface area contributed by atoms with Gasteiger partial charge in [0.05, 0.1) is 7.11 Å². The van der Waals surface area contributed by atoms with Crippen LogP contribution in [0, 0.1) is 0 Å². The Hall–Kier alpha value is -1.33. The number of hydrogen-bond acceptors (Lipinski definition) is 1. The Balaban J connectivity index is 1.93. The number of hydrogen-bond donors (Lipinski definition) is 0. The van der Waals surface area contributed by atoms with Crippen molar-refractivity contribution in [1.29, 1.82) is 0 Å². The number of rotatable bonds is 5. The van der Waals surface area contributed by atoms with Gasteiger partial charge in [-0.1, -0.05) is 118 Å². The summed E-state index contributed by atoms with van der Waals surface area (Å²) in [5, 5.41) is 1.66. The first-order chi connectivity index (χ1) is 16.6. The molecule has 0 spiro atoms. The Morgan fingerprint density at radius 2 is 1.26 bits per heavy atom. The van der Waals surface area contributed by atoms with Crippen LogP contribution < -0.4 is 10.0 Å². The van der Waals surface area contributed by atoms with Crippen LogP contribution in [0.2, 0.25) is 0 Å². The fraction of sp³-hybridized carbons (Fsp3) is 0.636. The zero-order valence-corrected chi connectivity index (χ0v) is 24.4. The minimum atomic E-state index is -0.188. The average molecular weight is 493 g/mol. The highest BCUT2D eigenvalue weighted by molar-refractivity contribution is 7.67. The molecule has 0 N–H and O–H groups in total. The van der Waals surface area contributed by atoms with Gasteiger partial charge in [0.1, 0.15) is 5.75 Å². The van der Waals surface area contributed by atoms with Crippen LogP contribution in [-0.4, -0.2) is 18.4 Å². The van der Waals surface area contributed by atoms with E-state index in [4.69, 9.17) is 4.74 Å². The predicted molar refractivity (Wildman–Crippen MR) is 156 cm³/mol. The van der Waals surface area contributed by atoms with Gasteiger partial charge in [-0.05, 0) is 75.9 Å². The van der Waals surface area contributed by atoms with Gasteiger partial charge in [0.25, 0.3) is 0 Å². The summed E-state index contributed by atoms with van der Waals surface area (Å²) >= 11 is 0. The smallest absolute Gasteiger partial charge is 0.127 e. The molecule has 0 aromatic heterocycles. The van der Waals surface area contributed by atoms with E-state index in [9.17, 15) is 0 Å². The second-order valence-corrected chi connectivity index (χ2v) is 15.9. The molecule has 35 heavy (non-hydrogen) atoms. The molecular weight excluding hydrogens is 443 g/mol. The van der Waals surface area contributed by atoms with Crippen LogP contribution in [0.15, 0.2) is 36.4 Å². The lowest BCUT2D eigenvalue weighted by Crippen LogP contribution is -2.27. The van der Waals surface area contributed by atoms with Crippen molar-refractivity contribution in [3.05, 3.63) is 47.5 Å². The van der Waals surface area contributed by atoms with Crippen LogP contribution in [-0.2, 0) is 10.8 Å². The summed E-state index contributed by atoms with van der Waals surface area (Å²) in [6, 6.07) is 14.3. The summed E-state index contributed by atoms with van der Waals surface area (Å²) in [6.07, 6.45) is 14.3. The van der Waals surface area contributed by atoms with Crippen molar-refractivity contribution in [2.45, 2.75) is 128 Å². The lowest BCUT2D eigenvalue weighted by Gasteiger charge is -2.40. The lowest BCUT2D eigenvalue weighted by atomic mass is 9.77. The molecule has 2 aromatic rings. The summed E-state index contributed by atoms with van der Waals surface area (Å²) in [5.74, 6) is 1.05. The second kappa shape index (κ2) is 11.0. The first-order valence-corrected chi connectivity index (χ1v) is 15.7. The molecule has 4 rings (SSSR count). The number of ether oxygens (including phenoxy) is 1. The molecule has 0 aliphatic heterocycles. The second-order valence-electron chi connectivity index (χ2n) is 13.1. The van der Waals surface area contributed by atoms with Crippen molar-refractivity contribution in [3.8, 4) is 16.9 Å². The molecule has 0 atom stereocenters. The molecule has 192 valence electrons. The zero-order chi connectivity index (χ0) is 25.2. The van der Waals surface area contributed by atoms with Crippen LogP contribution in [0.1, 0.15) is 117 Å². The Bertz CT molecular complexity index is 963. The van der Waals surface area contributed by atoms with E-state index in [-0.39, 0.29) is 18.8 Å². The minimum absolute atomic E-state index is 0.0371. The van der Waals surface area contributed by atoms with Crippen LogP contribution in [0.3, 0.4) is 0 Å². The third-order valence-electron chi connectivity index (χ3n) is 8.38. The van der Waals surface area contributed by atoms with Crippen molar-refractivity contribution in [2.75, 3.05) is 7.11 Å². The van der Waals surface area contributed by atoms with Gasteiger partial charge in [0, 0.05) is 5.56 Å². The maximum absolute atomic E-state index is 6.20. The predicted octanol–water partition coefficient (Wildman–Crippen LogP) is 9.73. The van der Waals surface area contributed by atoms with Gasteiger partial charge in [-0.2, -0.15) is 0 Å². The highest BCUT2D eigenvalue weighted by atomic mass is 31.1. The quantitative estimate of drug-likeness (QED) is 0.377. The van der Waals surface area contributed by atoms with Crippen molar-refractivity contribution in [1.82, 2.24) is 0 Å². The molecule has 2 saturated carbocycles. The van der Waals surface area contributed by atoms with Crippen molar-refractivity contribution >= 4 is 13.2 Å². The number of benzene rings is 2. The Morgan fingerprint density at radius 3 is 1.74 bits per heavy atom. The molecule has 2 aliphatic rings. The maximum atomic E-state index is 6.20. The standard InChI is InChI=1S/C33H49OP/c1-32(2,3)24-22-28(33(4,5)6)31(29(23-24)34-7)27-20-14-15-21-30(27)35(25-16-10-8-11-17-25)26-18-12-9-13-19-26/h14-15,20-23,25-26H,8-13,16-19H2,1-7H3. The molecule has 0 amide bonds. The van der Waals surface area contributed by atoms with Gasteiger partial charge in [0.15, 0.2) is 0 Å². The number of methoxy groups -OCH3 is 1. The van der Waals surface area contributed by atoms with E-state index in [1.165, 1.54) is 86.5 Å². The molecule has 0 saturated heterocycles. The molecule has 2 heteroatoms. The van der Waals surface area contributed by atoms with Gasteiger partial charge in [-0.3, -0.25) is 0 Å². The highest BCUT2D eigenvalue weighted by Gasteiger charge is 2.35. The van der Waals surface area contributed by atoms with Crippen molar-refractivity contribution in [3.63, 3.8) is 0 Å². The van der Waals surface area contributed by atoms with Gasteiger partial charge < -0.3 is 4.74 Å². The monoisotopic (exact) mass is 492 g/mol. The Morgan fingerprint density at radius 1 is 0.714 bits per heavy atom. The Kier molecular flexibility index (Phi) is 8.37. The van der Waals surface area contributed by atoms with Gasteiger partial charge in [-0.15, -0.1) is 0 Å². The zero-order valence-electron chi connectivity index (χ0n) is 23.5.